The van der Waals surface area contributed by atoms with Crippen molar-refractivity contribution in [2.45, 2.75) is 39.8 Å². The number of aryl methyl sites for hydroxylation is 2. The van der Waals surface area contributed by atoms with Gasteiger partial charge in [-0.2, -0.15) is 0 Å². The lowest BCUT2D eigenvalue weighted by Crippen LogP contribution is -2.35. The van der Waals surface area contributed by atoms with Gasteiger partial charge in [0.2, 0.25) is 0 Å². The maximum Gasteiger partial charge on any atom is 0.141 e. The normalized spacial score (nSPS) is 15.9. The highest BCUT2D eigenvalue weighted by atomic mass is 32.1. The van der Waals surface area contributed by atoms with Crippen LogP contribution in [0.2, 0.25) is 0 Å². The third kappa shape index (κ3) is 3.31. The van der Waals surface area contributed by atoms with Gasteiger partial charge in [0.25, 0.3) is 0 Å². The smallest absolute Gasteiger partial charge is 0.141 e. The summed E-state index contributed by atoms with van der Waals surface area (Å²) < 4.78 is 1.99. The van der Waals surface area contributed by atoms with E-state index in [9.17, 15) is 0 Å². The topological polar surface area (TPSA) is 71.8 Å². The fourth-order valence-electron chi connectivity index (χ4n) is 3.69. The molecule has 0 aliphatic carbocycles. The third-order valence-corrected chi connectivity index (χ3v) is 6.36. The van der Waals surface area contributed by atoms with Gasteiger partial charge in [0.1, 0.15) is 17.0 Å². The van der Waals surface area contributed by atoms with Crippen molar-refractivity contribution in [1.29, 1.82) is 0 Å². The molecule has 0 radical (unpaired) electrons. The van der Waals surface area contributed by atoms with E-state index in [0.29, 0.717) is 5.92 Å². The second-order valence-corrected chi connectivity index (χ2v) is 8.26. The van der Waals surface area contributed by atoms with Gasteiger partial charge in [-0.15, -0.1) is 16.4 Å². The SMILES string of the molecule is CNCc1cn(CC2CCN(c3ncnc4sc(C)c(C)c34)CC2)nn1. The minimum atomic E-state index is 0.637. The first-order chi connectivity index (χ1) is 12.7. The van der Waals surface area contributed by atoms with E-state index in [2.05, 4.69) is 44.3 Å². The number of aromatic nitrogens is 5. The fourth-order valence-corrected chi connectivity index (χ4v) is 4.68. The molecule has 0 atom stereocenters. The second kappa shape index (κ2) is 7.28. The van der Waals surface area contributed by atoms with Crippen molar-refractivity contribution in [1.82, 2.24) is 30.3 Å². The number of thiophene rings is 1. The van der Waals surface area contributed by atoms with Crippen molar-refractivity contribution in [3.8, 4) is 0 Å². The first-order valence-electron chi connectivity index (χ1n) is 9.15. The Hall–Kier alpha value is -2.06. The van der Waals surface area contributed by atoms with Crippen LogP contribution >= 0.6 is 11.3 Å². The van der Waals surface area contributed by atoms with E-state index >= 15 is 0 Å². The molecule has 0 unspecified atom stereocenters. The van der Waals surface area contributed by atoms with Gasteiger partial charge >= 0.3 is 0 Å². The number of hydrogen-bond donors (Lipinski definition) is 1. The lowest BCUT2D eigenvalue weighted by molar-refractivity contribution is 0.338. The molecule has 0 amide bonds. The molecule has 1 aliphatic rings. The first-order valence-corrected chi connectivity index (χ1v) is 9.96. The maximum atomic E-state index is 4.62. The molecule has 0 spiro atoms. The third-order valence-electron chi connectivity index (χ3n) is 5.25. The Balaban J connectivity index is 1.43. The highest BCUT2D eigenvalue weighted by Crippen LogP contribution is 2.35. The van der Waals surface area contributed by atoms with Gasteiger partial charge in [-0.3, -0.25) is 4.68 Å². The highest BCUT2D eigenvalue weighted by Gasteiger charge is 2.24. The largest absolute Gasteiger partial charge is 0.356 e. The maximum absolute atomic E-state index is 4.62. The predicted molar refractivity (Wildman–Crippen MR) is 105 cm³/mol. The summed E-state index contributed by atoms with van der Waals surface area (Å²) in [6.07, 6.45) is 6.05. The van der Waals surface area contributed by atoms with E-state index in [4.69, 9.17) is 0 Å². The van der Waals surface area contributed by atoms with E-state index in [1.807, 2.05) is 17.9 Å². The minimum absolute atomic E-state index is 0.637. The van der Waals surface area contributed by atoms with Gasteiger partial charge in [0, 0.05) is 37.3 Å². The van der Waals surface area contributed by atoms with Crippen molar-refractivity contribution < 1.29 is 0 Å². The molecular weight excluding hydrogens is 346 g/mol. The van der Waals surface area contributed by atoms with Crippen LogP contribution in [-0.4, -0.2) is 45.1 Å². The van der Waals surface area contributed by atoms with E-state index in [0.717, 1.165) is 55.4 Å². The lowest BCUT2D eigenvalue weighted by atomic mass is 9.96. The molecule has 1 aliphatic heterocycles. The number of piperidine rings is 1. The number of anilines is 1. The van der Waals surface area contributed by atoms with Gasteiger partial charge in [-0.1, -0.05) is 5.21 Å². The van der Waals surface area contributed by atoms with Crippen LogP contribution in [0.1, 0.15) is 29.0 Å². The zero-order valence-corrected chi connectivity index (χ0v) is 16.4. The van der Waals surface area contributed by atoms with Crippen molar-refractivity contribution in [3.05, 3.63) is 28.7 Å². The van der Waals surface area contributed by atoms with Crippen molar-refractivity contribution in [2.24, 2.45) is 5.92 Å². The van der Waals surface area contributed by atoms with E-state index in [-0.39, 0.29) is 0 Å². The Bertz CT molecular complexity index is 892. The Morgan fingerprint density at radius 2 is 2.04 bits per heavy atom. The molecule has 3 aromatic rings. The van der Waals surface area contributed by atoms with Crippen LogP contribution in [0, 0.1) is 19.8 Å². The minimum Gasteiger partial charge on any atom is -0.356 e. The average Bonchev–Trinajstić information content (AvgIpc) is 3.20. The average molecular weight is 372 g/mol. The Morgan fingerprint density at radius 3 is 2.81 bits per heavy atom. The van der Waals surface area contributed by atoms with Gasteiger partial charge < -0.3 is 10.2 Å². The molecule has 4 rings (SSSR count). The van der Waals surface area contributed by atoms with Crippen LogP contribution in [0.4, 0.5) is 5.82 Å². The summed E-state index contributed by atoms with van der Waals surface area (Å²) >= 11 is 1.76. The van der Waals surface area contributed by atoms with Crippen LogP contribution in [0.25, 0.3) is 10.2 Å². The molecule has 1 saturated heterocycles. The van der Waals surface area contributed by atoms with E-state index in [1.54, 1.807) is 17.7 Å². The molecule has 7 nitrogen and oxygen atoms in total. The Labute approximate surface area is 157 Å². The van der Waals surface area contributed by atoms with Gasteiger partial charge in [-0.25, -0.2) is 9.97 Å². The molecule has 1 fully saturated rings. The summed E-state index contributed by atoms with van der Waals surface area (Å²) in [5, 5.41) is 12.8. The van der Waals surface area contributed by atoms with Crippen LogP contribution in [0.5, 0.6) is 0 Å². The van der Waals surface area contributed by atoms with E-state index in [1.165, 1.54) is 15.8 Å². The number of fused-ring (bicyclic) bond motifs is 1. The molecule has 1 N–H and O–H groups in total. The molecule has 0 aromatic carbocycles. The summed E-state index contributed by atoms with van der Waals surface area (Å²) in [5.74, 6) is 1.74. The first kappa shape index (κ1) is 17.4. The second-order valence-electron chi connectivity index (χ2n) is 7.05. The monoisotopic (exact) mass is 371 g/mol. The van der Waals surface area contributed by atoms with Crippen molar-refractivity contribution >= 4 is 27.4 Å². The van der Waals surface area contributed by atoms with Crippen LogP contribution in [0.15, 0.2) is 12.5 Å². The van der Waals surface area contributed by atoms with Crippen LogP contribution in [-0.2, 0) is 13.1 Å². The van der Waals surface area contributed by atoms with Gasteiger partial charge in [0.05, 0.1) is 11.1 Å². The van der Waals surface area contributed by atoms with Crippen molar-refractivity contribution in [2.75, 3.05) is 25.0 Å². The summed E-state index contributed by atoms with van der Waals surface area (Å²) in [4.78, 5) is 13.9. The Morgan fingerprint density at radius 1 is 1.23 bits per heavy atom. The highest BCUT2D eigenvalue weighted by molar-refractivity contribution is 7.18. The van der Waals surface area contributed by atoms with Crippen LogP contribution < -0.4 is 10.2 Å². The number of nitrogens with one attached hydrogen (secondary N) is 1. The Kier molecular flexibility index (Phi) is 4.86. The summed E-state index contributed by atoms with van der Waals surface area (Å²) in [6, 6.07) is 0. The molecule has 0 saturated carbocycles. The predicted octanol–water partition coefficient (Wildman–Crippen LogP) is 2.54. The molecule has 26 heavy (non-hydrogen) atoms. The molecule has 4 heterocycles. The lowest BCUT2D eigenvalue weighted by Gasteiger charge is -2.33. The number of nitrogens with zero attached hydrogens (tertiary/aromatic N) is 6. The van der Waals surface area contributed by atoms with Crippen molar-refractivity contribution in [3.63, 3.8) is 0 Å². The summed E-state index contributed by atoms with van der Waals surface area (Å²) in [7, 11) is 1.93. The molecule has 138 valence electrons. The van der Waals surface area contributed by atoms with E-state index < -0.39 is 0 Å². The summed E-state index contributed by atoms with van der Waals surface area (Å²) in [5.41, 5.74) is 2.32. The quantitative estimate of drug-likeness (QED) is 0.743. The fraction of sp³-hybridized carbons (Fsp3) is 0.556. The molecular formula is C18H25N7S. The zero-order valence-electron chi connectivity index (χ0n) is 15.6. The van der Waals surface area contributed by atoms with Gasteiger partial charge in [0.15, 0.2) is 0 Å². The standard InChI is InChI=1S/C18H25N7S/c1-12-13(2)26-18-16(12)17(20-11-21-18)24-6-4-14(5-7-24)9-25-10-15(8-19-3)22-23-25/h10-11,14,19H,4-9H2,1-3H3. The van der Waals surface area contributed by atoms with Gasteiger partial charge in [-0.05, 0) is 45.2 Å². The van der Waals surface area contributed by atoms with Crippen LogP contribution in [0.3, 0.4) is 0 Å². The number of hydrogen-bond acceptors (Lipinski definition) is 7. The molecule has 3 aromatic heterocycles. The molecule has 8 heteroatoms. The summed E-state index contributed by atoms with van der Waals surface area (Å²) in [6.45, 7) is 8.12. The molecule has 0 bridgehead atoms. The zero-order chi connectivity index (χ0) is 18.1. The number of rotatable bonds is 5.